The Labute approximate surface area is 606 Å². The Morgan fingerprint density at radius 3 is 1.66 bits per heavy atom. The van der Waals surface area contributed by atoms with Crippen LogP contribution in [0.4, 0.5) is 27.6 Å². The fraction of sp³-hybridized carbons (Fsp3) is 0.446. The number of carbonyl (C=O) groups excluding carboxylic acids is 10. The normalized spacial score (nSPS) is 14.3. The predicted octanol–water partition coefficient (Wildman–Crippen LogP) is 3.27. The highest BCUT2D eigenvalue weighted by molar-refractivity contribution is 5.98. The molecule has 17 N–H and O–H groups in total. The number of phenols is 1. The Morgan fingerprint density at radius 1 is 0.533 bits per heavy atom. The number of aromatic hydroxyl groups is 1. The molecule has 26 nitrogen and oxygen atoms in total. The van der Waals surface area contributed by atoms with Crippen molar-refractivity contribution in [3.05, 3.63) is 167 Å². The lowest BCUT2D eigenvalue weighted by Crippen LogP contribution is -2.59. The van der Waals surface area contributed by atoms with Crippen molar-refractivity contribution < 1.29 is 75.0 Å². The van der Waals surface area contributed by atoms with Gasteiger partial charge in [-0.2, -0.15) is 0 Å². The summed E-state index contributed by atoms with van der Waals surface area (Å²) in [5.74, 6) is -21.3. The number of piperidine rings is 1. The van der Waals surface area contributed by atoms with Crippen LogP contribution >= 0.6 is 0 Å². The first-order valence-electron chi connectivity index (χ1n) is 35.0. The molecule has 1 fully saturated rings. The van der Waals surface area contributed by atoms with Crippen LogP contribution in [0.1, 0.15) is 114 Å². The minimum absolute atomic E-state index is 0.00909. The molecule has 568 valence electrons. The summed E-state index contributed by atoms with van der Waals surface area (Å²) >= 11 is 0. The Kier molecular flexibility index (Phi) is 33.6. The molecule has 7 atom stereocenters. The average molecular weight is 1470 g/mol. The van der Waals surface area contributed by atoms with Crippen molar-refractivity contribution in [2.75, 3.05) is 44.2 Å². The second-order valence-corrected chi connectivity index (χ2v) is 26.3. The second kappa shape index (κ2) is 42.3. The van der Waals surface area contributed by atoms with Crippen LogP contribution in [0.15, 0.2) is 120 Å². The van der Waals surface area contributed by atoms with Gasteiger partial charge in [-0.3, -0.25) is 52.9 Å². The lowest BCUT2D eigenvalue weighted by Gasteiger charge is -2.38. The van der Waals surface area contributed by atoms with Crippen LogP contribution in [0.25, 0.3) is 0 Å². The van der Waals surface area contributed by atoms with E-state index in [0.717, 1.165) is 44.6 Å². The first-order valence-corrected chi connectivity index (χ1v) is 35.0. The maximum atomic E-state index is 15.0. The van der Waals surface area contributed by atoms with Crippen LogP contribution in [0, 0.1) is 35.0 Å². The third-order valence-corrected chi connectivity index (χ3v) is 17.6. The SMILES string of the molecule is CC(C)C[C@H](NC(=O)[C@H](Cc1ccccc1)NC(=O)CNC(=O)[C@@H](C)NC(=O)[C@@H](N)Cc1ccc(O)cc1)C(=O)N[C@@H](CCCN=C(N)N)C(=O)N[C@@H](CCC(=O)NCCCCCC(=O)N(c1ccccc1)C1CCN(CCc2ccccc2)CC1)C(=O)N[C@@H](Cc1c(F)c(F)c(F)c(F)c1F)C(N)=O. The number of primary amides is 1. The molecule has 10 amide bonds. The highest BCUT2D eigenvalue weighted by atomic mass is 19.2. The van der Waals surface area contributed by atoms with Gasteiger partial charge in [0.15, 0.2) is 29.2 Å². The molecule has 6 rings (SSSR count). The molecular weight excluding hydrogens is 1370 g/mol. The van der Waals surface area contributed by atoms with Crippen LogP contribution in [0.2, 0.25) is 0 Å². The van der Waals surface area contributed by atoms with Crippen LogP contribution in [-0.2, 0) is 73.6 Å². The van der Waals surface area contributed by atoms with E-state index in [1.807, 2.05) is 53.4 Å². The van der Waals surface area contributed by atoms with E-state index < -0.39 is 156 Å². The van der Waals surface area contributed by atoms with Crippen LogP contribution < -0.4 is 70.4 Å². The molecule has 0 radical (unpaired) electrons. The van der Waals surface area contributed by atoms with Gasteiger partial charge in [0, 0.05) is 75.7 Å². The van der Waals surface area contributed by atoms with Gasteiger partial charge in [-0.15, -0.1) is 0 Å². The summed E-state index contributed by atoms with van der Waals surface area (Å²) in [7, 11) is 0. The van der Waals surface area contributed by atoms with Gasteiger partial charge in [-0.05, 0) is 118 Å². The number of benzene rings is 5. The lowest BCUT2D eigenvalue weighted by molar-refractivity contribution is -0.135. The molecule has 1 aliphatic heterocycles. The quantitative estimate of drug-likeness (QED) is 0.00667. The summed E-state index contributed by atoms with van der Waals surface area (Å²) in [6, 6.07) is 23.3. The van der Waals surface area contributed by atoms with Gasteiger partial charge in [-0.1, -0.05) is 111 Å². The van der Waals surface area contributed by atoms with Crippen molar-refractivity contribution in [1.29, 1.82) is 0 Å². The number of unbranched alkanes of at least 4 members (excludes halogenated alkanes) is 2. The van der Waals surface area contributed by atoms with E-state index in [9.17, 15) is 66.2 Å². The zero-order valence-electron chi connectivity index (χ0n) is 59.1. The number of hydrogen-bond donors (Lipinski definition) is 13. The minimum atomic E-state index is -2.50. The number of para-hydroxylation sites is 1. The number of carbonyl (C=O) groups is 10. The molecule has 0 spiro atoms. The number of amides is 10. The first kappa shape index (κ1) is 83.4. The number of halogens is 5. The molecule has 0 unspecified atom stereocenters. The van der Waals surface area contributed by atoms with E-state index in [-0.39, 0.29) is 81.2 Å². The summed E-state index contributed by atoms with van der Waals surface area (Å²) in [5, 5.41) is 29.6. The molecule has 1 heterocycles. The number of aliphatic imine (C=N–C) groups is 1. The second-order valence-electron chi connectivity index (χ2n) is 26.3. The molecule has 0 saturated carbocycles. The summed E-state index contributed by atoms with van der Waals surface area (Å²) in [4.78, 5) is 146. The topological polar surface area (TPSA) is 410 Å². The summed E-state index contributed by atoms with van der Waals surface area (Å²) in [6.45, 7) is 6.68. The van der Waals surface area contributed by atoms with Gasteiger partial charge in [0.05, 0.1) is 12.6 Å². The molecule has 5 aromatic carbocycles. The van der Waals surface area contributed by atoms with Gasteiger partial charge in [-0.25, -0.2) is 22.0 Å². The molecule has 5 aromatic rings. The van der Waals surface area contributed by atoms with Gasteiger partial charge in [0.2, 0.25) is 64.9 Å². The van der Waals surface area contributed by atoms with E-state index in [2.05, 4.69) is 64.6 Å². The zero-order valence-corrected chi connectivity index (χ0v) is 59.1. The standard InChI is InChI=1S/C74H96F5N15O11/c1-44(2)39-57(92-73(105)58(41-47-19-10-5-11-20-47)88-60(97)43-86-68(100)45(3)87-69(101)53(80)40-48-25-27-51(95)28-26-48)72(104)89-54(23-16-35-85-74(82)83)70(102)90-55(71(103)91-56(67(81)99)42-52-62(75)64(77)66(79)65(78)63(52)76)29-30-59(96)84-34-15-7-14-24-61(98)94(49-21-12-6-13-22-49)50-32-37-93(38-33-50)36-31-46-17-8-4-9-18-46/h4-6,8-13,17-22,25-28,44-45,50,53-58,95H,7,14-16,23-24,29-43,80H2,1-3H3,(H2,81,99)(H,84,96)(H,86,100)(H,87,101)(H,88,97)(H,89,104)(H,90,102)(H,91,103)(H,92,105)(H4,82,83,85)/t45-,53+,54+,55+,56+,57+,58+/m1/s1. The maximum absolute atomic E-state index is 15.0. The number of guanidine groups is 1. The molecule has 1 aliphatic rings. The number of anilines is 1. The number of rotatable bonds is 41. The Bertz CT molecular complexity index is 3730. The number of nitrogens with zero attached hydrogens (tertiary/aromatic N) is 3. The molecule has 31 heteroatoms. The van der Waals surface area contributed by atoms with Crippen molar-refractivity contribution in [2.24, 2.45) is 33.8 Å². The third-order valence-electron chi connectivity index (χ3n) is 17.6. The molecule has 0 aromatic heterocycles. The summed E-state index contributed by atoms with van der Waals surface area (Å²) in [6.07, 6.45) is 1.19. The Hall–Kier alpha value is -10.6. The van der Waals surface area contributed by atoms with Gasteiger partial charge in [0.25, 0.3) is 0 Å². The molecule has 1 saturated heterocycles. The average Bonchev–Trinajstić information content (AvgIpc) is 0.799. The number of hydrogen-bond acceptors (Lipinski definition) is 14. The number of phenolic OH excluding ortho intramolecular Hbond substituents is 1. The summed E-state index contributed by atoms with van der Waals surface area (Å²) in [5.41, 5.74) is 24.5. The van der Waals surface area contributed by atoms with Gasteiger partial charge >= 0.3 is 0 Å². The first-order chi connectivity index (χ1) is 50.1. The number of nitrogens with two attached hydrogens (primary N) is 4. The van der Waals surface area contributed by atoms with E-state index in [4.69, 9.17) is 22.9 Å². The van der Waals surface area contributed by atoms with Crippen LogP contribution in [-0.4, -0.2) is 163 Å². The van der Waals surface area contributed by atoms with E-state index >= 15 is 8.78 Å². The van der Waals surface area contributed by atoms with Crippen molar-refractivity contribution in [3.63, 3.8) is 0 Å². The molecule has 0 aliphatic carbocycles. The molecular formula is C74H96F5N15O11. The van der Waals surface area contributed by atoms with Crippen molar-refractivity contribution in [1.82, 2.24) is 47.4 Å². The third kappa shape index (κ3) is 27.5. The number of likely N-dealkylation sites (tertiary alicyclic amines) is 1. The summed E-state index contributed by atoms with van der Waals surface area (Å²) < 4.78 is 72.9. The predicted molar refractivity (Wildman–Crippen MR) is 383 cm³/mol. The van der Waals surface area contributed by atoms with Crippen molar-refractivity contribution >= 4 is 70.7 Å². The minimum Gasteiger partial charge on any atom is -0.508 e. The fourth-order valence-corrected chi connectivity index (χ4v) is 11.8. The Balaban J connectivity index is 1.13. The van der Waals surface area contributed by atoms with E-state index in [1.165, 1.54) is 24.6 Å². The largest absolute Gasteiger partial charge is 0.508 e. The van der Waals surface area contributed by atoms with Crippen molar-refractivity contribution in [2.45, 2.75) is 165 Å². The molecule has 0 bridgehead atoms. The van der Waals surface area contributed by atoms with E-state index in [0.29, 0.717) is 30.4 Å². The number of nitrogens with one attached hydrogen (secondary N) is 8. The highest BCUT2D eigenvalue weighted by Gasteiger charge is 2.36. The Morgan fingerprint density at radius 2 is 1.07 bits per heavy atom. The lowest BCUT2D eigenvalue weighted by atomic mass is 10.00. The van der Waals surface area contributed by atoms with Crippen LogP contribution in [0.5, 0.6) is 5.75 Å². The van der Waals surface area contributed by atoms with Gasteiger partial charge < -0.3 is 80.4 Å². The van der Waals surface area contributed by atoms with Gasteiger partial charge in [0.1, 0.15) is 42.0 Å². The highest BCUT2D eigenvalue weighted by Crippen LogP contribution is 2.27. The van der Waals surface area contributed by atoms with E-state index in [1.54, 1.807) is 56.3 Å². The maximum Gasteiger partial charge on any atom is 0.243 e. The monoisotopic (exact) mass is 1470 g/mol. The smallest absolute Gasteiger partial charge is 0.243 e. The van der Waals surface area contributed by atoms with Crippen LogP contribution in [0.3, 0.4) is 0 Å². The van der Waals surface area contributed by atoms with Crippen molar-refractivity contribution in [3.8, 4) is 5.75 Å². The zero-order chi connectivity index (χ0) is 76.7. The molecule has 105 heavy (non-hydrogen) atoms. The fourth-order valence-electron chi connectivity index (χ4n) is 11.8.